The number of hydrogen-bond donors (Lipinski definition) is 0. The van der Waals surface area contributed by atoms with E-state index in [9.17, 15) is 4.79 Å². The maximum atomic E-state index is 12.6. The van der Waals surface area contributed by atoms with Gasteiger partial charge in [0.25, 0.3) is 5.78 Å². The van der Waals surface area contributed by atoms with Crippen molar-refractivity contribution in [3.8, 4) is 0 Å². The second-order valence-electron chi connectivity index (χ2n) is 5.46. The standard InChI is InChI=1S/C15H16N6O/c1-11-12-4-2-6-19(12)8-9-20(11)14(22)10-13-17-15-16-5-3-7-21(15)18-13/h2-7,11H,8-10H2,1H3/t11-/m1/s1. The second kappa shape index (κ2) is 4.94. The number of rotatable bonds is 2. The lowest BCUT2D eigenvalue weighted by molar-refractivity contribution is -0.133. The summed E-state index contributed by atoms with van der Waals surface area (Å²) in [5.41, 5.74) is 1.17. The van der Waals surface area contributed by atoms with Gasteiger partial charge in [-0.3, -0.25) is 4.79 Å². The van der Waals surface area contributed by atoms with E-state index in [1.54, 1.807) is 23.0 Å². The van der Waals surface area contributed by atoms with Crippen molar-refractivity contribution in [1.29, 1.82) is 0 Å². The molecule has 4 heterocycles. The number of aromatic nitrogens is 5. The van der Waals surface area contributed by atoms with Crippen molar-refractivity contribution in [1.82, 2.24) is 29.0 Å². The van der Waals surface area contributed by atoms with E-state index < -0.39 is 0 Å². The first kappa shape index (κ1) is 13.0. The third-order valence-corrected chi connectivity index (χ3v) is 4.13. The first-order chi connectivity index (χ1) is 10.7. The highest BCUT2D eigenvalue weighted by Gasteiger charge is 2.28. The Morgan fingerprint density at radius 1 is 1.32 bits per heavy atom. The zero-order valence-corrected chi connectivity index (χ0v) is 12.3. The number of nitrogens with zero attached hydrogens (tertiary/aromatic N) is 6. The van der Waals surface area contributed by atoms with E-state index in [0.29, 0.717) is 18.1 Å². The summed E-state index contributed by atoms with van der Waals surface area (Å²) in [4.78, 5) is 22.9. The van der Waals surface area contributed by atoms with Crippen LogP contribution < -0.4 is 0 Å². The zero-order chi connectivity index (χ0) is 15.1. The van der Waals surface area contributed by atoms with Crippen LogP contribution in [0, 0.1) is 0 Å². The minimum Gasteiger partial charge on any atom is -0.348 e. The summed E-state index contributed by atoms with van der Waals surface area (Å²) in [6, 6.07) is 5.95. The van der Waals surface area contributed by atoms with Crippen molar-refractivity contribution in [2.75, 3.05) is 6.54 Å². The molecular weight excluding hydrogens is 280 g/mol. The molecule has 0 aromatic carbocycles. The van der Waals surface area contributed by atoms with Gasteiger partial charge in [0, 0.05) is 37.4 Å². The molecule has 7 nitrogen and oxygen atoms in total. The van der Waals surface area contributed by atoms with Gasteiger partial charge in [-0.05, 0) is 25.1 Å². The Morgan fingerprint density at radius 2 is 2.23 bits per heavy atom. The number of amides is 1. The highest BCUT2D eigenvalue weighted by molar-refractivity contribution is 5.78. The topological polar surface area (TPSA) is 68.3 Å². The SMILES string of the molecule is C[C@@H]1c2cccn2CCN1C(=O)Cc1nc2ncccn2n1. The van der Waals surface area contributed by atoms with Crippen molar-refractivity contribution in [2.45, 2.75) is 25.9 Å². The van der Waals surface area contributed by atoms with Crippen LogP contribution in [0.1, 0.15) is 24.5 Å². The van der Waals surface area contributed by atoms with Crippen molar-refractivity contribution in [3.05, 3.63) is 48.3 Å². The van der Waals surface area contributed by atoms with Gasteiger partial charge in [-0.25, -0.2) is 9.50 Å². The zero-order valence-electron chi connectivity index (χ0n) is 12.3. The van der Waals surface area contributed by atoms with Crippen molar-refractivity contribution < 1.29 is 4.79 Å². The molecule has 22 heavy (non-hydrogen) atoms. The molecule has 0 aliphatic carbocycles. The smallest absolute Gasteiger partial charge is 0.252 e. The van der Waals surface area contributed by atoms with Gasteiger partial charge in [-0.15, -0.1) is 5.10 Å². The summed E-state index contributed by atoms with van der Waals surface area (Å²) in [7, 11) is 0. The average molecular weight is 296 g/mol. The van der Waals surface area contributed by atoms with Crippen LogP contribution in [0.5, 0.6) is 0 Å². The Labute approximate surface area is 127 Å². The van der Waals surface area contributed by atoms with Crippen LogP contribution in [0.4, 0.5) is 0 Å². The molecule has 0 radical (unpaired) electrons. The lowest BCUT2D eigenvalue weighted by Crippen LogP contribution is -2.41. The van der Waals surface area contributed by atoms with Gasteiger partial charge in [0.1, 0.15) is 0 Å². The van der Waals surface area contributed by atoms with E-state index >= 15 is 0 Å². The lowest BCUT2D eigenvalue weighted by atomic mass is 10.1. The van der Waals surface area contributed by atoms with Crippen LogP contribution in [0.3, 0.4) is 0 Å². The van der Waals surface area contributed by atoms with E-state index in [1.165, 1.54) is 5.69 Å². The van der Waals surface area contributed by atoms with Crippen LogP contribution in [0.25, 0.3) is 5.78 Å². The maximum absolute atomic E-state index is 12.6. The average Bonchev–Trinajstić information content (AvgIpc) is 3.13. The van der Waals surface area contributed by atoms with E-state index in [2.05, 4.69) is 38.8 Å². The second-order valence-corrected chi connectivity index (χ2v) is 5.46. The van der Waals surface area contributed by atoms with Gasteiger partial charge in [0.15, 0.2) is 5.82 Å². The summed E-state index contributed by atoms with van der Waals surface area (Å²) in [6.45, 7) is 3.60. The molecule has 112 valence electrons. The largest absolute Gasteiger partial charge is 0.348 e. The molecule has 3 aromatic rings. The Bertz CT molecular complexity index is 802. The van der Waals surface area contributed by atoms with Crippen LogP contribution in [0.15, 0.2) is 36.8 Å². The predicted molar refractivity (Wildman–Crippen MR) is 79.0 cm³/mol. The van der Waals surface area contributed by atoms with Gasteiger partial charge in [-0.2, -0.15) is 4.98 Å². The Kier molecular flexibility index (Phi) is 2.92. The first-order valence-corrected chi connectivity index (χ1v) is 7.33. The van der Waals surface area contributed by atoms with Crippen molar-refractivity contribution >= 4 is 11.7 Å². The fourth-order valence-corrected chi connectivity index (χ4v) is 3.01. The molecule has 1 amide bonds. The summed E-state index contributed by atoms with van der Waals surface area (Å²) in [5, 5.41) is 4.30. The van der Waals surface area contributed by atoms with E-state index in [1.807, 2.05) is 11.0 Å². The van der Waals surface area contributed by atoms with Gasteiger partial charge >= 0.3 is 0 Å². The molecular formula is C15H16N6O. The van der Waals surface area contributed by atoms with Crippen LogP contribution in [-0.4, -0.2) is 41.5 Å². The van der Waals surface area contributed by atoms with Gasteiger partial charge in [-0.1, -0.05) is 0 Å². The van der Waals surface area contributed by atoms with Crippen LogP contribution in [0.2, 0.25) is 0 Å². The minimum atomic E-state index is 0.0517. The van der Waals surface area contributed by atoms with E-state index in [4.69, 9.17) is 0 Å². The highest BCUT2D eigenvalue weighted by Crippen LogP contribution is 2.25. The van der Waals surface area contributed by atoms with Gasteiger partial charge in [0.2, 0.25) is 5.91 Å². The van der Waals surface area contributed by atoms with Crippen molar-refractivity contribution in [3.63, 3.8) is 0 Å². The molecule has 1 atom stereocenters. The quantitative estimate of drug-likeness (QED) is 0.709. The number of carbonyl (C=O) groups excluding carboxylic acids is 1. The maximum Gasteiger partial charge on any atom is 0.252 e. The molecule has 4 rings (SSSR count). The predicted octanol–water partition coefficient (Wildman–Crippen LogP) is 1.07. The van der Waals surface area contributed by atoms with Crippen molar-refractivity contribution in [2.24, 2.45) is 0 Å². The van der Waals surface area contributed by atoms with Gasteiger partial charge in [0.05, 0.1) is 12.5 Å². The van der Waals surface area contributed by atoms with E-state index in [-0.39, 0.29) is 18.4 Å². The normalized spacial score (nSPS) is 17.7. The first-order valence-electron chi connectivity index (χ1n) is 7.33. The molecule has 0 unspecified atom stereocenters. The monoisotopic (exact) mass is 296 g/mol. The fourth-order valence-electron chi connectivity index (χ4n) is 3.01. The number of fused-ring (bicyclic) bond motifs is 2. The summed E-state index contributed by atoms with van der Waals surface area (Å²) in [5.74, 6) is 1.08. The third-order valence-electron chi connectivity index (χ3n) is 4.13. The molecule has 3 aromatic heterocycles. The third kappa shape index (κ3) is 2.05. The highest BCUT2D eigenvalue weighted by atomic mass is 16.2. The lowest BCUT2D eigenvalue weighted by Gasteiger charge is -2.34. The van der Waals surface area contributed by atoms with Gasteiger partial charge < -0.3 is 9.47 Å². The molecule has 7 heteroatoms. The minimum absolute atomic E-state index is 0.0517. The molecule has 0 spiro atoms. The Balaban J connectivity index is 1.55. The van der Waals surface area contributed by atoms with Crippen LogP contribution >= 0.6 is 0 Å². The molecule has 0 N–H and O–H groups in total. The summed E-state index contributed by atoms with van der Waals surface area (Å²) in [6.07, 6.45) is 5.70. The molecule has 0 fully saturated rings. The van der Waals surface area contributed by atoms with Crippen LogP contribution in [-0.2, 0) is 17.8 Å². The molecule has 0 saturated carbocycles. The molecule has 1 aliphatic heterocycles. The summed E-state index contributed by atoms with van der Waals surface area (Å²) >= 11 is 0. The Hall–Kier alpha value is -2.70. The van der Waals surface area contributed by atoms with E-state index in [0.717, 1.165) is 6.54 Å². The Morgan fingerprint density at radius 3 is 3.09 bits per heavy atom. The number of carbonyl (C=O) groups is 1. The molecule has 0 saturated heterocycles. The number of hydrogen-bond acceptors (Lipinski definition) is 4. The molecule has 0 bridgehead atoms. The summed E-state index contributed by atoms with van der Waals surface area (Å²) < 4.78 is 3.79. The molecule has 1 aliphatic rings. The fraction of sp³-hybridized carbons (Fsp3) is 0.333.